The number of aryl methyl sites for hydroxylation is 1. The molecule has 0 amide bonds. The lowest BCUT2D eigenvalue weighted by Crippen LogP contribution is -2.40. The van der Waals surface area contributed by atoms with Crippen LogP contribution in [0.4, 0.5) is 0 Å². The molecular weight excluding hydrogens is 312 g/mol. The Labute approximate surface area is 141 Å². The molecule has 2 unspecified atom stereocenters. The van der Waals surface area contributed by atoms with Crippen LogP contribution in [-0.2, 0) is 13.6 Å². The third-order valence-corrected chi connectivity index (χ3v) is 4.37. The third-order valence-electron chi connectivity index (χ3n) is 4.14. The fraction of sp³-hybridized carbons (Fsp3) is 0.438. The lowest BCUT2D eigenvalue weighted by atomic mass is 10.1. The van der Waals surface area contributed by atoms with Crippen molar-refractivity contribution in [3.8, 4) is 0 Å². The predicted molar refractivity (Wildman–Crippen MR) is 91.6 cm³/mol. The predicted octanol–water partition coefficient (Wildman–Crippen LogP) is 2.03. The first-order valence-electron chi connectivity index (χ1n) is 7.61. The van der Waals surface area contributed by atoms with Crippen molar-refractivity contribution in [2.45, 2.75) is 24.9 Å². The summed E-state index contributed by atoms with van der Waals surface area (Å²) in [5.41, 5.74) is 1.28. The van der Waals surface area contributed by atoms with Gasteiger partial charge in [0.1, 0.15) is 12.2 Å². The summed E-state index contributed by atoms with van der Waals surface area (Å²) in [6.45, 7) is 0.657. The molecule has 0 bridgehead atoms. The number of benzene rings is 1. The first-order valence-corrected chi connectivity index (χ1v) is 7.99. The maximum atomic E-state index is 6.07. The number of hydrogen-bond donors (Lipinski definition) is 1. The van der Waals surface area contributed by atoms with Crippen LogP contribution in [0.3, 0.4) is 0 Å². The quantitative estimate of drug-likeness (QED) is 0.687. The third kappa shape index (κ3) is 3.64. The van der Waals surface area contributed by atoms with Gasteiger partial charge >= 0.3 is 0 Å². The maximum absolute atomic E-state index is 6.07. The van der Waals surface area contributed by atoms with E-state index in [0.29, 0.717) is 18.5 Å². The molecular formula is C16H21ClN6. The Morgan fingerprint density at radius 3 is 3.00 bits per heavy atom. The topological polar surface area (TPSA) is 58.3 Å². The van der Waals surface area contributed by atoms with Crippen molar-refractivity contribution in [3.63, 3.8) is 0 Å². The van der Waals surface area contributed by atoms with Gasteiger partial charge in [-0.1, -0.05) is 23.7 Å². The molecule has 1 fully saturated rings. The average molecular weight is 333 g/mol. The van der Waals surface area contributed by atoms with E-state index in [-0.39, 0.29) is 0 Å². The summed E-state index contributed by atoms with van der Waals surface area (Å²) >= 11 is 6.07. The summed E-state index contributed by atoms with van der Waals surface area (Å²) in [6.07, 6.45) is 2.66. The van der Waals surface area contributed by atoms with Crippen LogP contribution in [0.15, 0.2) is 35.6 Å². The summed E-state index contributed by atoms with van der Waals surface area (Å²) in [7, 11) is 5.69. The highest BCUT2D eigenvalue weighted by Gasteiger charge is 2.39. The summed E-state index contributed by atoms with van der Waals surface area (Å²) < 4.78 is 1.77. The Morgan fingerprint density at radius 2 is 2.35 bits per heavy atom. The van der Waals surface area contributed by atoms with E-state index < -0.39 is 0 Å². The highest BCUT2D eigenvalue weighted by Crippen LogP contribution is 2.41. The van der Waals surface area contributed by atoms with Gasteiger partial charge in [0, 0.05) is 38.1 Å². The zero-order chi connectivity index (χ0) is 16.4. The largest absolute Gasteiger partial charge is 0.353 e. The molecule has 0 saturated heterocycles. The minimum Gasteiger partial charge on any atom is -0.353 e. The number of nitrogens with one attached hydrogen (secondary N) is 1. The fourth-order valence-corrected chi connectivity index (χ4v) is 2.92. The van der Waals surface area contributed by atoms with E-state index in [1.54, 1.807) is 18.1 Å². The van der Waals surface area contributed by atoms with Gasteiger partial charge in [-0.25, -0.2) is 4.98 Å². The van der Waals surface area contributed by atoms with E-state index in [2.05, 4.69) is 31.4 Å². The minimum atomic E-state index is 0.397. The highest BCUT2D eigenvalue weighted by atomic mass is 35.5. The summed E-state index contributed by atoms with van der Waals surface area (Å²) in [4.78, 5) is 10.7. The van der Waals surface area contributed by atoms with Crippen LogP contribution < -0.4 is 5.32 Å². The Morgan fingerprint density at radius 1 is 1.52 bits per heavy atom. The zero-order valence-corrected chi connectivity index (χ0v) is 14.3. The van der Waals surface area contributed by atoms with Gasteiger partial charge in [-0.2, -0.15) is 5.10 Å². The minimum absolute atomic E-state index is 0.397. The van der Waals surface area contributed by atoms with Crippen LogP contribution in [0.2, 0.25) is 5.02 Å². The van der Waals surface area contributed by atoms with Crippen molar-refractivity contribution in [2.75, 3.05) is 14.1 Å². The van der Waals surface area contributed by atoms with Gasteiger partial charge in [0.15, 0.2) is 5.96 Å². The number of hydrogen-bond acceptors (Lipinski definition) is 3. The van der Waals surface area contributed by atoms with Gasteiger partial charge in [-0.05, 0) is 24.1 Å². The molecule has 1 aliphatic rings. The second kappa shape index (κ2) is 6.58. The Kier molecular flexibility index (Phi) is 4.52. The number of aliphatic imine (C=N–C) groups is 1. The Bertz CT molecular complexity index is 710. The number of aromatic nitrogens is 3. The molecule has 1 aliphatic carbocycles. The molecule has 0 radical (unpaired) electrons. The van der Waals surface area contributed by atoms with Gasteiger partial charge < -0.3 is 10.2 Å². The SMILES string of the molecule is CN=C(NC1CC1c1cccc(Cl)c1)N(C)Cc1ncnn1C. The highest BCUT2D eigenvalue weighted by molar-refractivity contribution is 6.30. The van der Waals surface area contributed by atoms with E-state index >= 15 is 0 Å². The molecule has 0 spiro atoms. The smallest absolute Gasteiger partial charge is 0.194 e. The van der Waals surface area contributed by atoms with Gasteiger partial charge in [0.25, 0.3) is 0 Å². The molecule has 1 N–H and O–H groups in total. The van der Waals surface area contributed by atoms with Crippen molar-refractivity contribution < 1.29 is 0 Å². The molecule has 3 rings (SSSR count). The van der Waals surface area contributed by atoms with Crippen LogP contribution in [0.1, 0.15) is 23.7 Å². The summed E-state index contributed by atoms with van der Waals surface area (Å²) in [5, 5.41) is 8.40. The second-order valence-corrected chi connectivity index (χ2v) is 6.29. The van der Waals surface area contributed by atoms with Crippen molar-refractivity contribution >= 4 is 17.6 Å². The molecule has 1 aromatic carbocycles. The fourth-order valence-electron chi connectivity index (χ4n) is 2.72. The number of rotatable bonds is 4. The van der Waals surface area contributed by atoms with Crippen molar-refractivity contribution in [1.82, 2.24) is 25.0 Å². The molecule has 7 heteroatoms. The van der Waals surface area contributed by atoms with Gasteiger partial charge in [0.2, 0.25) is 0 Å². The van der Waals surface area contributed by atoms with Crippen LogP contribution >= 0.6 is 11.6 Å². The molecule has 122 valence electrons. The molecule has 1 aromatic heterocycles. The second-order valence-electron chi connectivity index (χ2n) is 5.85. The number of nitrogens with zero attached hydrogens (tertiary/aromatic N) is 5. The van der Waals surface area contributed by atoms with Gasteiger partial charge in [-0.3, -0.25) is 9.67 Å². The molecule has 6 nitrogen and oxygen atoms in total. The van der Waals surface area contributed by atoms with E-state index in [1.165, 1.54) is 5.56 Å². The van der Waals surface area contributed by atoms with Crippen LogP contribution in [-0.4, -0.2) is 45.8 Å². The molecule has 23 heavy (non-hydrogen) atoms. The number of halogens is 1. The monoisotopic (exact) mass is 332 g/mol. The standard InChI is InChI=1S/C16H21ClN6/c1-18-16(22(2)9-15-19-10-20-23(15)3)21-14-8-13(14)11-5-4-6-12(17)7-11/h4-7,10,13-14H,8-9H2,1-3H3,(H,18,21). The van der Waals surface area contributed by atoms with Gasteiger partial charge in [-0.15, -0.1) is 0 Å². The molecule has 0 aliphatic heterocycles. The maximum Gasteiger partial charge on any atom is 0.194 e. The Balaban J connectivity index is 1.59. The van der Waals surface area contributed by atoms with E-state index in [1.807, 2.05) is 32.3 Å². The van der Waals surface area contributed by atoms with E-state index in [0.717, 1.165) is 23.2 Å². The Hall–Kier alpha value is -2.08. The lowest BCUT2D eigenvalue weighted by molar-refractivity contribution is 0.447. The molecule has 2 aromatic rings. The zero-order valence-electron chi connectivity index (χ0n) is 13.6. The van der Waals surface area contributed by atoms with E-state index in [9.17, 15) is 0 Å². The van der Waals surface area contributed by atoms with Crippen molar-refractivity contribution in [3.05, 3.63) is 47.0 Å². The lowest BCUT2D eigenvalue weighted by Gasteiger charge is -2.21. The molecule has 1 heterocycles. The van der Waals surface area contributed by atoms with Crippen molar-refractivity contribution in [1.29, 1.82) is 0 Å². The number of guanidine groups is 1. The summed E-state index contributed by atoms with van der Waals surface area (Å²) in [5.74, 6) is 2.26. The molecule has 1 saturated carbocycles. The van der Waals surface area contributed by atoms with Crippen molar-refractivity contribution in [2.24, 2.45) is 12.0 Å². The summed E-state index contributed by atoms with van der Waals surface area (Å²) in [6, 6.07) is 8.48. The van der Waals surface area contributed by atoms with Crippen LogP contribution in [0, 0.1) is 0 Å². The first kappa shape index (κ1) is 15.8. The van der Waals surface area contributed by atoms with E-state index in [4.69, 9.17) is 11.6 Å². The van der Waals surface area contributed by atoms with Crippen LogP contribution in [0.5, 0.6) is 0 Å². The first-order chi connectivity index (χ1) is 11.1. The van der Waals surface area contributed by atoms with Gasteiger partial charge in [0.05, 0.1) is 6.54 Å². The average Bonchev–Trinajstić information content (AvgIpc) is 3.20. The molecule has 2 atom stereocenters. The normalized spacial score (nSPS) is 20.4. The van der Waals surface area contributed by atoms with Crippen LogP contribution in [0.25, 0.3) is 0 Å².